The minimum Gasteiger partial charge on any atom is -0.352 e. The first-order chi connectivity index (χ1) is 8.24. The molecular weight excluding hydrogens is 214 g/mol. The molecule has 0 unspecified atom stereocenters. The maximum atomic E-state index is 11.8. The van der Waals surface area contributed by atoms with E-state index in [0.717, 1.165) is 23.9 Å². The molecule has 1 N–H and O–H groups in total. The minimum absolute atomic E-state index is 0.0280. The summed E-state index contributed by atoms with van der Waals surface area (Å²) < 4.78 is 1.87. The van der Waals surface area contributed by atoms with E-state index in [9.17, 15) is 4.79 Å². The van der Waals surface area contributed by atoms with Crippen molar-refractivity contribution in [2.75, 3.05) is 6.54 Å². The molecule has 1 aromatic carbocycles. The van der Waals surface area contributed by atoms with Crippen LogP contribution >= 0.6 is 0 Å². The lowest BCUT2D eigenvalue weighted by Gasteiger charge is -2.02. The summed E-state index contributed by atoms with van der Waals surface area (Å²) in [7, 11) is 0. The molecule has 17 heavy (non-hydrogen) atoms. The maximum Gasteiger partial charge on any atom is 0.251 e. The number of carbonyl (C=O) groups excluding carboxylic acids is 1. The molecule has 0 aliphatic heterocycles. The standard InChI is InChI=1S/C13H17N3O/c1-3-7-14-13(17)10-5-6-11-9-16(4-2)15-12(11)8-10/h5-6,8-9H,3-4,7H2,1-2H3,(H,14,17). The number of nitrogens with zero attached hydrogens (tertiary/aromatic N) is 2. The van der Waals surface area contributed by atoms with Crippen LogP contribution in [0.5, 0.6) is 0 Å². The third-order valence-electron chi connectivity index (χ3n) is 2.68. The van der Waals surface area contributed by atoms with E-state index in [1.165, 1.54) is 0 Å². The smallest absolute Gasteiger partial charge is 0.251 e. The largest absolute Gasteiger partial charge is 0.352 e. The van der Waals surface area contributed by atoms with Gasteiger partial charge in [0.05, 0.1) is 5.52 Å². The van der Waals surface area contributed by atoms with Crippen molar-refractivity contribution in [2.24, 2.45) is 0 Å². The summed E-state index contributed by atoms with van der Waals surface area (Å²) in [6, 6.07) is 5.62. The highest BCUT2D eigenvalue weighted by Gasteiger charge is 2.07. The summed E-state index contributed by atoms with van der Waals surface area (Å²) in [6.45, 7) is 5.62. The van der Waals surface area contributed by atoms with Gasteiger partial charge >= 0.3 is 0 Å². The molecule has 0 spiro atoms. The highest BCUT2D eigenvalue weighted by atomic mass is 16.1. The third-order valence-corrected chi connectivity index (χ3v) is 2.68. The highest BCUT2D eigenvalue weighted by molar-refractivity contribution is 5.97. The van der Waals surface area contributed by atoms with Crippen LogP contribution in [0, 0.1) is 0 Å². The van der Waals surface area contributed by atoms with Crippen LogP contribution in [0.1, 0.15) is 30.6 Å². The van der Waals surface area contributed by atoms with Crippen LogP contribution in [0.3, 0.4) is 0 Å². The summed E-state index contributed by atoms with van der Waals surface area (Å²) >= 11 is 0. The van der Waals surface area contributed by atoms with Crippen molar-refractivity contribution < 1.29 is 4.79 Å². The van der Waals surface area contributed by atoms with Crippen molar-refractivity contribution in [1.82, 2.24) is 15.1 Å². The Hall–Kier alpha value is -1.84. The van der Waals surface area contributed by atoms with Gasteiger partial charge < -0.3 is 5.32 Å². The van der Waals surface area contributed by atoms with Gasteiger partial charge in [-0.3, -0.25) is 9.48 Å². The number of rotatable bonds is 4. The number of nitrogens with one attached hydrogen (secondary N) is 1. The zero-order valence-electron chi connectivity index (χ0n) is 10.2. The van der Waals surface area contributed by atoms with E-state index in [0.29, 0.717) is 12.1 Å². The van der Waals surface area contributed by atoms with Crippen LogP contribution < -0.4 is 5.32 Å². The first-order valence-electron chi connectivity index (χ1n) is 6.00. The molecule has 0 saturated heterocycles. The number of aryl methyl sites for hydroxylation is 1. The topological polar surface area (TPSA) is 46.9 Å². The van der Waals surface area contributed by atoms with Crippen molar-refractivity contribution >= 4 is 16.8 Å². The second kappa shape index (κ2) is 4.99. The Kier molecular flexibility index (Phi) is 3.42. The average molecular weight is 231 g/mol. The Bertz CT molecular complexity index is 530. The van der Waals surface area contributed by atoms with Crippen LogP contribution in [-0.2, 0) is 6.54 Å². The van der Waals surface area contributed by atoms with Crippen LogP contribution in [0.15, 0.2) is 24.4 Å². The second-order valence-electron chi connectivity index (χ2n) is 4.01. The van der Waals surface area contributed by atoms with Gasteiger partial charge in [0.2, 0.25) is 0 Å². The molecule has 0 aliphatic rings. The molecule has 0 fully saturated rings. The summed E-state index contributed by atoms with van der Waals surface area (Å²) in [5, 5.41) is 8.32. The first-order valence-corrected chi connectivity index (χ1v) is 6.00. The number of fused-ring (bicyclic) bond motifs is 1. The van der Waals surface area contributed by atoms with Gasteiger partial charge in [-0.1, -0.05) is 13.0 Å². The molecule has 90 valence electrons. The maximum absolute atomic E-state index is 11.8. The lowest BCUT2D eigenvalue weighted by atomic mass is 10.1. The van der Waals surface area contributed by atoms with Gasteiger partial charge in [0.1, 0.15) is 0 Å². The lowest BCUT2D eigenvalue weighted by molar-refractivity contribution is 0.0954. The third kappa shape index (κ3) is 2.46. The van der Waals surface area contributed by atoms with Gasteiger partial charge in [-0.2, -0.15) is 5.10 Å². The number of hydrogen-bond donors (Lipinski definition) is 1. The SMILES string of the molecule is CCCNC(=O)c1ccc2cn(CC)nc2c1. The molecular formula is C13H17N3O. The molecule has 0 atom stereocenters. The summed E-state index contributed by atoms with van der Waals surface area (Å²) in [5.74, 6) is -0.0280. The zero-order chi connectivity index (χ0) is 12.3. The summed E-state index contributed by atoms with van der Waals surface area (Å²) in [4.78, 5) is 11.8. The molecule has 0 bridgehead atoms. The molecule has 4 nitrogen and oxygen atoms in total. The van der Waals surface area contributed by atoms with Crippen molar-refractivity contribution in [2.45, 2.75) is 26.8 Å². The van der Waals surface area contributed by atoms with E-state index in [2.05, 4.69) is 10.4 Å². The van der Waals surface area contributed by atoms with Crippen molar-refractivity contribution in [3.63, 3.8) is 0 Å². The Balaban J connectivity index is 2.27. The molecule has 4 heteroatoms. The zero-order valence-corrected chi connectivity index (χ0v) is 10.2. The molecule has 1 heterocycles. The molecule has 2 rings (SSSR count). The number of benzene rings is 1. The number of hydrogen-bond acceptors (Lipinski definition) is 2. The van der Waals surface area contributed by atoms with E-state index in [4.69, 9.17) is 0 Å². The van der Waals surface area contributed by atoms with Crippen molar-refractivity contribution in [1.29, 1.82) is 0 Å². The predicted octanol–water partition coefficient (Wildman–Crippen LogP) is 2.20. The van der Waals surface area contributed by atoms with Gasteiger partial charge in [-0.05, 0) is 25.5 Å². The van der Waals surface area contributed by atoms with E-state index in [1.54, 1.807) is 0 Å². The predicted molar refractivity (Wildman–Crippen MR) is 68.0 cm³/mol. The minimum atomic E-state index is -0.0280. The molecule has 0 saturated carbocycles. The Morgan fingerprint density at radius 2 is 2.24 bits per heavy atom. The molecule has 2 aromatic rings. The average Bonchev–Trinajstić information content (AvgIpc) is 2.77. The number of amides is 1. The van der Waals surface area contributed by atoms with E-state index < -0.39 is 0 Å². The van der Waals surface area contributed by atoms with E-state index in [1.807, 2.05) is 42.9 Å². The van der Waals surface area contributed by atoms with Crippen LogP contribution in [-0.4, -0.2) is 22.2 Å². The second-order valence-corrected chi connectivity index (χ2v) is 4.01. The van der Waals surface area contributed by atoms with Crippen molar-refractivity contribution in [3.8, 4) is 0 Å². The van der Waals surface area contributed by atoms with Crippen molar-refractivity contribution in [3.05, 3.63) is 30.0 Å². The van der Waals surface area contributed by atoms with E-state index >= 15 is 0 Å². The summed E-state index contributed by atoms with van der Waals surface area (Å²) in [5.41, 5.74) is 1.54. The summed E-state index contributed by atoms with van der Waals surface area (Å²) in [6.07, 6.45) is 2.93. The fourth-order valence-electron chi connectivity index (χ4n) is 1.71. The number of aromatic nitrogens is 2. The van der Waals surface area contributed by atoms with E-state index in [-0.39, 0.29) is 5.91 Å². The molecule has 1 amide bonds. The monoisotopic (exact) mass is 231 g/mol. The Labute approximate surface area is 101 Å². The molecule has 0 aliphatic carbocycles. The fourth-order valence-corrected chi connectivity index (χ4v) is 1.71. The van der Waals surface area contributed by atoms with Gasteiger partial charge in [-0.15, -0.1) is 0 Å². The molecule has 1 aromatic heterocycles. The van der Waals surface area contributed by atoms with Crippen LogP contribution in [0.2, 0.25) is 0 Å². The fraction of sp³-hybridized carbons (Fsp3) is 0.385. The molecule has 0 radical (unpaired) electrons. The van der Waals surface area contributed by atoms with Gasteiger partial charge in [0.15, 0.2) is 0 Å². The normalized spacial score (nSPS) is 10.7. The highest BCUT2D eigenvalue weighted by Crippen LogP contribution is 2.14. The first kappa shape index (κ1) is 11.6. The Morgan fingerprint density at radius 3 is 2.94 bits per heavy atom. The van der Waals surface area contributed by atoms with Crippen LogP contribution in [0.4, 0.5) is 0 Å². The lowest BCUT2D eigenvalue weighted by Crippen LogP contribution is -2.23. The quantitative estimate of drug-likeness (QED) is 0.876. The van der Waals surface area contributed by atoms with Gasteiger partial charge in [0, 0.05) is 30.2 Å². The van der Waals surface area contributed by atoms with Gasteiger partial charge in [0.25, 0.3) is 5.91 Å². The van der Waals surface area contributed by atoms with Gasteiger partial charge in [-0.25, -0.2) is 0 Å². The Morgan fingerprint density at radius 1 is 1.41 bits per heavy atom. The number of carbonyl (C=O) groups is 1. The van der Waals surface area contributed by atoms with Crippen LogP contribution in [0.25, 0.3) is 10.9 Å².